The number of carboxylic acids is 1. The summed E-state index contributed by atoms with van der Waals surface area (Å²) in [4.78, 5) is 15.2. The predicted octanol–water partition coefficient (Wildman–Crippen LogP) is 2.49. The second kappa shape index (κ2) is 5.56. The molecule has 0 unspecified atom stereocenters. The zero-order chi connectivity index (χ0) is 13.8. The molecule has 0 atom stereocenters. The van der Waals surface area contributed by atoms with Crippen LogP contribution in [0, 0.1) is 6.92 Å². The quantitative estimate of drug-likeness (QED) is 0.897. The first-order valence-electron chi connectivity index (χ1n) is 6.07. The van der Waals surface area contributed by atoms with Crippen LogP contribution in [-0.2, 0) is 13.2 Å². The second-order valence-corrected chi connectivity index (χ2v) is 4.26. The first kappa shape index (κ1) is 13.1. The van der Waals surface area contributed by atoms with Crippen molar-refractivity contribution in [3.05, 3.63) is 47.5 Å². The fraction of sp³-hybridized carbons (Fsp3) is 0.286. The van der Waals surface area contributed by atoms with Gasteiger partial charge in [-0.25, -0.2) is 9.78 Å². The van der Waals surface area contributed by atoms with E-state index in [2.05, 4.69) is 4.98 Å². The Morgan fingerprint density at radius 1 is 1.47 bits per heavy atom. The average molecular weight is 260 g/mol. The molecule has 100 valence electrons. The van der Waals surface area contributed by atoms with Crippen LogP contribution in [0.15, 0.2) is 30.7 Å². The van der Waals surface area contributed by atoms with Crippen molar-refractivity contribution < 1.29 is 14.6 Å². The van der Waals surface area contributed by atoms with Gasteiger partial charge >= 0.3 is 5.97 Å². The van der Waals surface area contributed by atoms with Gasteiger partial charge < -0.3 is 14.4 Å². The summed E-state index contributed by atoms with van der Waals surface area (Å²) in [6, 6.07) is 5.12. The van der Waals surface area contributed by atoms with Gasteiger partial charge in [0.25, 0.3) is 0 Å². The standard InChI is InChI=1S/C14H16N2O3/c1-3-16-9-15-7-11(16)8-19-13-5-4-10(2)6-12(13)14(17)18/h4-7,9H,3,8H2,1-2H3,(H,17,18). The van der Waals surface area contributed by atoms with Crippen LogP contribution in [0.2, 0.25) is 0 Å². The number of aryl methyl sites for hydroxylation is 2. The lowest BCUT2D eigenvalue weighted by atomic mass is 10.1. The summed E-state index contributed by atoms with van der Waals surface area (Å²) in [5.41, 5.74) is 1.99. The van der Waals surface area contributed by atoms with Gasteiger partial charge in [-0.1, -0.05) is 11.6 Å². The minimum absolute atomic E-state index is 0.183. The number of carboxylic acid groups (broad SMARTS) is 1. The summed E-state index contributed by atoms with van der Waals surface area (Å²) < 4.78 is 7.55. The molecule has 0 aliphatic rings. The maximum Gasteiger partial charge on any atom is 0.339 e. The zero-order valence-electron chi connectivity index (χ0n) is 11.0. The van der Waals surface area contributed by atoms with E-state index in [0.29, 0.717) is 12.4 Å². The lowest BCUT2D eigenvalue weighted by Crippen LogP contribution is -2.07. The van der Waals surface area contributed by atoms with Crippen LogP contribution in [0.4, 0.5) is 0 Å². The van der Waals surface area contributed by atoms with Crippen molar-refractivity contribution in [1.29, 1.82) is 0 Å². The fourth-order valence-electron chi connectivity index (χ4n) is 1.84. The minimum Gasteiger partial charge on any atom is -0.486 e. The zero-order valence-corrected chi connectivity index (χ0v) is 11.0. The van der Waals surface area contributed by atoms with Crippen molar-refractivity contribution >= 4 is 5.97 Å². The van der Waals surface area contributed by atoms with Crippen molar-refractivity contribution in [2.75, 3.05) is 0 Å². The molecule has 0 saturated heterocycles. The number of nitrogens with zero attached hydrogens (tertiary/aromatic N) is 2. The third-order valence-electron chi connectivity index (χ3n) is 2.88. The highest BCUT2D eigenvalue weighted by Gasteiger charge is 2.12. The number of aromatic carboxylic acids is 1. The number of carbonyl (C=O) groups is 1. The SMILES string of the molecule is CCn1cncc1COc1ccc(C)cc1C(=O)O. The summed E-state index contributed by atoms with van der Waals surface area (Å²) in [6.45, 7) is 4.97. The van der Waals surface area contributed by atoms with Gasteiger partial charge in [0.15, 0.2) is 0 Å². The van der Waals surface area contributed by atoms with Crippen molar-refractivity contribution in [1.82, 2.24) is 9.55 Å². The van der Waals surface area contributed by atoms with E-state index in [4.69, 9.17) is 9.84 Å². The summed E-state index contributed by atoms with van der Waals surface area (Å²) >= 11 is 0. The molecule has 0 amide bonds. The molecule has 0 saturated carbocycles. The molecule has 1 aromatic carbocycles. The van der Waals surface area contributed by atoms with Crippen LogP contribution in [-0.4, -0.2) is 20.6 Å². The van der Waals surface area contributed by atoms with E-state index < -0.39 is 5.97 Å². The minimum atomic E-state index is -0.984. The number of ether oxygens (including phenoxy) is 1. The Hall–Kier alpha value is -2.30. The fourth-order valence-corrected chi connectivity index (χ4v) is 1.84. The maximum absolute atomic E-state index is 11.2. The Balaban J connectivity index is 2.18. The average Bonchev–Trinajstić information content (AvgIpc) is 2.84. The van der Waals surface area contributed by atoms with E-state index in [1.165, 1.54) is 0 Å². The lowest BCUT2D eigenvalue weighted by Gasteiger charge is -2.10. The van der Waals surface area contributed by atoms with Crippen LogP contribution in [0.25, 0.3) is 0 Å². The van der Waals surface area contributed by atoms with Crippen LogP contribution >= 0.6 is 0 Å². The molecule has 1 N–H and O–H groups in total. The molecule has 0 bridgehead atoms. The van der Waals surface area contributed by atoms with Crippen LogP contribution in [0.1, 0.15) is 28.5 Å². The van der Waals surface area contributed by atoms with Crippen LogP contribution in [0.3, 0.4) is 0 Å². The van der Waals surface area contributed by atoms with E-state index in [0.717, 1.165) is 17.8 Å². The Labute approximate surface area is 111 Å². The van der Waals surface area contributed by atoms with E-state index in [1.807, 2.05) is 24.5 Å². The molecular formula is C14H16N2O3. The molecule has 5 heteroatoms. The van der Waals surface area contributed by atoms with Crippen molar-refractivity contribution in [3.63, 3.8) is 0 Å². The number of aromatic nitrogens is 2. The molecule has 0 fully saturated rings. The summed E-state index contributed by atoms with van der Waals surface area (Å²) in [5.74, 6) is -0.607. The first-order chi connectivity index (χ1) is 9.11. The van der Waals surface area contributed by atoms with Gasteiger partial charge in [-0.3, -0.25) is 0 Å². The molecule has 0 spiro atoms. The largest absolute Gasteiger partial charge is 0.486 e. The van der Waals surface area contributed by atoms with Crippen LogP contribution in [0.5, 0.6) is 5.75 Å². The van der Waals surface area contributed by atoms with Crippen LogP contribution < -0.4 is 4.74 Å². The van der Waals surface area contributed by atoms with Gasteiger partial charge in [-0.05, 0) is 26.0 Å². The molecular weight excluding hydrogens is 244 g/mol. The van der Waals surface area contributed by atoms with Gasteiger partial charge in [0.2, 0.25) is 0 Å². The smallest absolute Gasteiger partial charge is 0.339 e. The van der Waals surface area contributed by atoms with Gasteiger partial charge in [0.05, 0.1) is 18.2 Å². The Kier molecular flexibility index (Phi) is 3.85. The van der Waals surface area contributed by atoms with E-state index in [9.17, 15) is 4.79 Å². The molecule has 0 aliphatic carbocycles. The monoisotopic (exact) mass is 260 g/mol. The van der Waals surface area contributed by atoms with E-state index in [-0.39, 0.29) is 5.56 Å². The van der Waals surface area contributed by atoms with E-state index >= 15 is 0 Å². The molecule has 0 aliphatic heterocycles. The summed E-state index contributed by atoms with van der Waals surface area (Å²) in [5, 5.41) is 9.15. The molecule has 19 heavy (non-hydrogen) atoms. The Morgan fingerprint density at radius 2 is 2.26 bits per heavy atom. The molecule has 2 aromatic rings. The van der Waals surface area contributed by atoms with Crippen molar-refractivity contribution in [2.24, 2.45) is 0 Å². The van der Waals surface area contributed by atoms with Crippen molar-refractivity contribution in [2.45, 2.75) is 27.0 Å². The topological polar surface area (TPSA) is 64.4 Å². The van der Waals surface area contributed by atoms with Gasteiger partial charge in [-0.15, -0.1) is 0 Å². The number of hydrogen-bond acceptors (Lipinski definition) is 3. The van der Waals surface area contributed by atoms with Gasteiger partial charge in [0, 0.05) is 6.54 Å². The molecule has 1 heterocycles. The number of benzene rings is 1. The number of imidazole rings is 1. The second-order valence-electron chi connectivity index (χ2n) is 4.26. The van der Waals surface area contributed by atoms with Gasteiger partial charge in [0.1, 0.15) is 17.9 Å². The predicted molar refractivity (Wildman–Crippen MR) is 70.4 cm³/mol. The third kappa shape index (κ3) is 2.93. The molecule has 0 radical (unpaired) electrons. The summed E-state index contributed by atoms with van der Waals surface area (Å²) in [7, 11) is 0. The molecule has 1 aromatic heterocycles. The van der Waals surface area contributed by atoms with E-state index in [1.54, 1.807) is 24.7 Å². The number of rotatable bonds is 5. The lowest BCUT2D eigenvalue weighted by molar-refractivity contribution is 0.0691. The summed E-state index contributed by atoms with van der Waals surface area (Å²) in [6.07, 6.45) is 3.45. The highest BCUT2D eigenvalue weighted by atomic mass is 16.5. The van der Waals surface area contributed by atoms with Crippen molar-refractivity contribution in [3.8, 4) is 5.75 Å². The Bertz CT molecular complexity index is 590. The number of hydrogen-bond donors (Lipinski definition) is 1. The molecule has 2 rings (SSSR count). The highest BCUT2D eigenvalue weighted by molar-refractivity contribution is 5.91. The first-order valence-corrected chi connectivity index (χ1v) is 6.07. The molecule has 5 nitrogen and oxygen atoms in total. The maximum atomic E-state index is 11.2. The highest BCUT2D eigenvalue weighted by Crippen LogP contribution is 2.21. The normalized spacial score (nSPS) is 10.4. The van der Waals surface area contributed by atoms with Gasteiger partial charge in [-0.2, -0.15) is 0 Å². The third-order valence-corrected chi connectivity index (χ3v) is 2.88. The Morgan fingerprint density at radius 3 is 2.95 bits per heavy atom.